The van der Waals surface area contributed by atoms with Crippen molar-refractivity contribution in [3.63, 3.8) is 0 Å². The summed E-state index contributed by atoms with van der Waals surface area (Å²) < 4.78 is 1.21. The van der Waals surface area contributed by atoms with Crippen molar-refractivity contribution in [3.05, 3.63) is 39.4 Å². The van der Waals surface area contributed by atoms with Crippen LogP contribution in [0.4, 0.5) is 0 Å². The molecule has 2 aromatic rings. The molecular formula is C9H7ClN2O2. The third kappa shape index (κ3) is 1.33. The van der Waals surface area contributed by atoms with Gasteiger partial charge in [-0.25, -0.2) is 4.98 Å². The van der Waals surface area contributed by atoms with Crippen molar-refractivity contribution in [2.24, 2.45) is 0 Å². The smallest absolute Gasteiger partial charge is 0.258 e. The van der Waals surface area contributed by atoms with Crippen LogP contribution in [0, 0.1) is 6.92 Å². The van der Waals surface area contributed by atoms with Crippen molar-refractivity contribution in [1.29, 1.82) is 0 Å². The normalized spacial score (nSPS) is 10.7. The third-order valence-electron chi connectivity index (χ3n) is 1.84. The van der Waals surface area contributed by atoms with E-state index in [9.17, 15) is 9.90 Å². The van der Waals surface area contributed by atoms with Gasteiger partial charge in [-0.2, -0.15) is 0 Å². The van der Waals surface area contributed by atoms with E-state index in [2.05, 4.69) is 4.98 Å². The highest BCUT2D eigenvalue weighted by Crippen LogP contribution is 2.19. The van der Waals surface area contributed by atoms with Gasteiger partial charge in [0, 0.05) is 24.0 Å². The highest BCUT2D eigenvalue weighted by Gasteiger charge is 2.05. The van der Waals surface area contributed by atoms with E-state index >= 15 is 0 Å². The zero-order valence-electron chi connectivity index (χ0n) is 7.36. The Morgan fingerprint density at radius 1 is 1.50 bits per heavy atom. The molecule has 0 bridgehead atoms. The molecule has 0 spiro atoms. The van der Waals surface area contributed by atoms with E-state index in [1.54, 1.807) is 6.92 Å². The second kappa shape index (κ2) is 2.99. The number of fused-ring (bicyclic) bond motifs is 1. The maximum atomic E-state index is 11.5. The van der Waals surface area contributed by atoms with Crippen LogP contribution in [-0.2, 0) is 0 Å². The number of rotatable bonds is 0. The summed E-state index contributed by atoms with van der Waals surface area (Å²) in [6.07, 6.45) is 1.42. The second-order valence-electron chi connectivity index (χ2n) is 2.97. The molecule has 72 valence electrons. The fourth-order valence-corrected chi connectivity index (χ4v) is 1.47. The Bertz CT molecular complexity index is 562. The lowest BCUT2D eigenvalue weighted by atomic mass is 10.4. The molecule has 0 aliphatic heterocycles. The van der Waals surface area contributed by atoms with Crippen LogP contribution in [-0.4, -0.2) is 14.5 Å². The van der Waals surface area contributed by atoms with Gasteiger partial charge in [0.25, 0.3) is 5.56 Å². The number of aryl methyl sites for hydroxylation is 1. The Morgan fingerprint density at radius 2 is 2.21 bits per heavy atom. The third-order valence-corrected chi connectivity index (χ3v) is 2.04. The first-order valence-corrected chi connectivity index (χ1v) is 4.34. The van der Waals surface area contributed by atoms with E-state index in [1.165, 1.54) is 22.7 Å². The van der Waals surface area contributed by atoms with Gasteiger partial charge in [-0.3, -0.25) is 9.20 Å². The lowest BCUT2D eigenvalue weighted by Gasteiger charge is -2.03. The molecule has 0 aromatic carbocycles. The number of pyridine rings is 1. The van der Waals surface area contributed by atoms with E-state index in [1.807, 2.05) is 0 Å². The van der Waals surface area contributed by atoms with Crippen molar-refractivity contribution in [2.75, 3.05) is 0 Å². The van der Waals surface area contributed by atoms with Gasteiger partial charge in [0.05, 0.1) is 5.02 Å². The molecular weight excluding hydrogens is 204 g/mol. The summed E-state index contributed by atoms with van der Waals surface area (Å²) in [6, 6.07) is 2.73. The van der Waals surface area contributed by atoms with Gasteiger partial charge < -0.3 is 5.11 Å². The quantitative estimate of drug-likeness (QED) is 0.715. The van der Waals surface area contributed by atoms with E-state index in [4.69, 9.17) is 11.6 Å². The molecule has 0 amide bonds. The van der Waals surface area contributed by atoms with E-state index in [0.717, 1.165) is 0 Å². The molecule has 4 nitrogen and oxygen atoms in total. The van der Waals surface area contributed by atoms with Gasteiger partial charge >= 0.3 is 0 Å². The maximum Gasteiger partial charge on any atom is 0.258 e. The van der Waals surface area contributed by atoms with Crippen LogP contribution >= 0.6 is 11.6 Å². The highest BCUT2D eigenvalue weighted by atomic mass is 35.5. The SMILES string of the molecule is Cc1cc(=O)n2cc(Cl)cc(O)c2n1. The van der Waals surface area contributed by atoms with Crippen LogP contribution < -0.4 is 5.56 Å². The summed E-state index contributed by atoms with van der Waals surface area (Å²) in [4.78, 5) is 15.5. The number of hydrogen-bond acceptors (Lipinski definition) is 3. The van der Waals surface area contributed by atoms with Crippen LogP contribution in [0.2, 0.25) is 5.02 Å². The van der Waals surface area contributed by atoms with Gasteiger partial charge in [0.2, 0.25) is 0 Å². The monoisotopic (exact) mass is 210 g/mol. The number of nitrogens with zero attached hydrogens (tertiary/aromatic N) is 2. The molecule has 1 N–H and O–H groups in total. The van der Waals surface area contributed by atoms with Gasteiger partial charge in [-0.15, -0.1) is 0 Å². The minimum absolute atomic E-state index is 0.0988. The topological polar surface area (TPSA) is 54.6 Å². The molecule has 0 fully saturated rings. The fraction of sp³-hybridized carbons (Fsp3) is 0.111. The predicted molar refractivity (Wildman–Crippen MR) is 52.9 cm³/mol. The van der Waals surface area contributed by atoms with Crippen molar-refractivity contribution in [1.82, 2.24) is 9.38 Å². The van der Waals surface area contributed by atoms with E-state index in [0.29, 0.717) is 10.7 Å². The summed E-state index contributed by atoms with van der Waals surface area (Å²) >= 11 is 5.69. The van der Waals surface area contributed by atoms with Gasteiger partial charge in [-0.05, 0) is 6.92 Å². The van der Waals surface area contributed by atoms with Crippen LogP contribution in [0.25, 0.3) is 5.65 Å². The predicted octanol–water partition coefficient (Wildman–Crippen LogP) is 1.36. The highest BCUT2D eigenvalue weighted by molar-refractivity contribution is 6.30. The Labute approximate surface area is 84.4 Å². The fourth-order valence-electron chi connectivity index (χ4n) is 1.27. The van der Waals surface area contributed by atoms with Crippen LogP contribution in [0.3, 0.4) is 0 Å². The minimum Gasteiger partial charge on any atom is -0.504 e. The minimum atomic E-state index is -0.259. The first-order chi connectivity index (χ1) is 6.58. The Kier molecular flexibility index (Phi) is 1.93. The lowest BCUT2D eigenvalue weighted by molar-refractivity contribution is 0.476. The molecule has 2 aromatic heterocycles. The first-order valence-electron chi connectivity index (χ1n) is 3.96. The van der Waals surface area contributed by atoms with E-state index < -0.39 is 0 Å². The molecule has 5 heteroatoms. The second-order valence-corrected chi connectivity index (χ2v) is 3.41. The zero-order valence-corrected chi connectivity index (χ0v) is 8.12. The summed E-state index contributed by atoms with van der Waals surface area (Å²) in [5.41, 5.74) is 0.525. The lowest BCUT2D eigenvalue weighted by Crippen LogP contribution is -2.14. The van der Waals surface area contributed by atoms with Gasteiger partial charge in [0.1, 0.15) is 0 Å². The largest absolute Gasteiger partial charge is 0.504 e. The Balaban J connectivity index is 3.02. The average molecular weight is 211 g/mol. The molecule has 0 aliphatic rings. The van der Waals surface area contributed by atoms with Crippen molar-refractivity contribution < 1.29 is 5.11 Å². The van der Waals surface area contributed by atoms with Crippen LogP contribution in [0.15, 0.2) is 23.1 Å². The molecule has 0 aliphatic carbocycles. The molecule has 0 saturated carbocycles. The zero-order chi connectivity index (χ0) is 10.3. The van der Waals surface area contributed by atoms with Gasteiger partial charge in [-0.1, -0.05) is 11.6 Å². The molecule has 0 saturated heterocycles. The average Bonchev–Trinajstić information content (AvgIpc) is 2.07. The molecule has 0 unspecified atom stereocenters. The van der Waals surface area contributed by atoms with Crippen LogP contribution in [0.1, 0.15) is 5.69 Å². The number of hydrogen-bond donors (Lipinski definition) is 1. The number of halogens is 1. The molecule has 0 atom stereocenters. The first kappa shape index (κ1) is 9.02. The van der Waals surface area contributed by atoms with Crippen molar-refractivity contribution in [2.45, 2.75) is 6.92 Å². The Morgan fingerprint density at radius 3 is 2.93 bits per heavy atom. The van der Waals surface area contributed by atoms with Crippen molar-refractivity contribution in [3.8, 4) is 5.75 Å². The Hall–Kier alpha value is -1.55. The number of aromatic nitrogens is 2. The molecule has 2 rings (SSSR count). The molecule has 0 radical (unpaired) electrons. The van der Waals surface area contributed by atoms with E-state index in [-0.39, 0.29) is 17.0 Å². The summed E-state index contributed by atoms with van der Waals surface area (Å²) in [7, 11) is 0. The molecule has 2 heterocycles. The summed E-state index contributed by atoms with van der Waals surface area (Å²) in [5, 5.41) is 9.79. The molecule has 14 heavy (non-hydrogen) atoms. The maximum absolute atomic E-state index is 11.5. The summed E-state index contributed by atoms with van der Waals surface area (Å²) in [6.45, 7) is 1.69. The number of aromatic hydroxyl groups is 1. The van der Waals surface area contributed by atoms with Crippen LogP contribution in [0.5, 0.6) is 5.75 Å². The summed E-state index contributed by atoms with van der Waals surface area (Å²) in [5.74, 6) is -0.0988. The van der Waals surface area contributed by atoms with Crippen molar-refractivity contribution >= 4 is 17.2 Å². The van der Waals surface area contributed by atoms with Gasteiger partial charge in [0.15, 0.2) is 11.4 Å². The standard InChI is InChI=1S/C9H7ClN2O2/c1-5-2-8(14)12-4-6(10)3-7(13)9(12)11-5/h2-4,13H,1H3.